The first-order valence-electron chi connectivity index (χ1n) is 4.62. The van der Waals surface area contributed by atoms with Crippen LogP contribution in [0.25, 0.3) is 0 Å². The zero-order chi connectivity index (χ0) is 9.10. The SMILES string of the molecule is CC1CCC(CSc2ncc[nH]2)O1. The summed E-state index contributed by atoms with van der Waals surface area (Å²) >= 11 is 1.73. The van der Waals surface area contributed by atoms with E-state index in [4.69, 9.17) is 4.74 Å². The van der Waals surface area contributed by atoms with Crippen molar-refractivity contribution in [1.29, 1.82) is 0 Å². The van der Waals surface area contributed by atoms with E-state index in [0.717, 1.165) is 10.9 Å². The molecule has 1 aliphatic rings. The minimum atomic E-state index is 0.421. The van der Waals surface area contributed by atoms with Crippen molar-refractivity contribution < 1.29 is 4.74 Å². The van der Waals surface area contributed by atoms with Crippen molar-refractivity contribution in [3.63, 3.8) is 0 Å². The van der Waals surface area contributed by atoms with Crippen molar-refractivity contribution >= 4 is 11.8 Å². The maximum Gasteiger partial charge on any atom is 0.165 e. The molecule has 2 atom stereocenters. The Morgan fingerprint density at radius 3 is 3.23 bits per heavy atom. The summed E-state index contributed by atoms with van der Waals surface area (Å²) in [5.74, 6) is 1.01. The van der Waals surface area contributed by atoms with Crippen LogP contribution in [-0.2, 0) is 4.74 Å². The second-order valence-electron chi connectivity index (χ2n) is 3.35. The van der Waals surface area contributed by atoms with E-state index in [-0.39, 0.29) is 0 Å². The molecule has 0 aromatic carbocycles. The van der Waals surface area contributed by atoms with Crippen LogP contribution in [0.3, 0.4) is 0 Å². The largest absolute Gasteiger partial charge is 0.374 e. The lowest BCUT2D eigenvalue weighted by molar-refractivity contribution is 0.0699. The highest BCUT2D eigenvalue weighted by Gasteiger charge is 2.21. The van der Waals surface area contributed by atoms with Crippen LogP contribution in [0.2, 0.25) is 0 Å². The van der Waals surface area contributed by atoms with Gasteiger partial charge in [0.2, 0.25) is 0 Å². The molecule has 72 valence electrons. The molecule has 1 N–H and O–H groups in total. The number of hydrogen-bond acceptors (Lipinski definition) is 3. The van der Waals surface area contributed by atoms with Gasteiger partial charge in [-0.25, -0.2) is 4.98 Å². The summed E-state index contributed by atoms with van der Waals surface area (Å²) in [4.78, 5) is 7.22. The number of thioether (sulfide) groups is 1. The normalized spacial score (nSPS) is 28.1. The smallest absolute Gasteiger partial charge is 0.165 e. The Kier molecular flexibility index (Phi) is 2.90. The van der Waals surface area contributed by atoms with Crippen LogP contribution in [0.5, 0.6) is 0 Å². The molecule has 1 saturated heterocycles. The third-order valence-electron chi connectivity index (χ3n) is 2.20. The fourth-order valence-corrected chi connectivity index (χ4v) is 2.39. The van der Waals surface area contributed by atoms with E-state index in [0.29, 0.717) is 12.2 Å². The Labute approximate surface area is 82.3 Å². The molecule has 1 fully saturated rings. The molecule has 2 heterocycles. The van der Waals surface area contributed by atoms with E-state index >= 15 is 0 Å². The predicted octanol–water partition coefficient (Wildman–Crippen LogP) is 2.07. The van der Waals surface area contributed by atoms with Gasteiger partial charge in [0.05, 0.1) is 12.2 Å². The average molecular weight is 198 g/mol. The molecule has 13 heavy (non-hydrogen) atoms. The zero-order valence-electron chi connectivity index (χ0n) is 7.69. The van der Waals surface area contributed by atoms with Gasteiger partial charge in [0.15, 0.2) is 5.16 Å². The lowest BCUT2D eigenvalue weighted by atomic mass is 10.2. The van der Waals surface area contributed by atoms with E-state index < -0.39 is 0 Å². The van der Waals surface area contributed by atoms with Crippen LogP contribution < -0.4 is 0 Å². The molecular formula is C9H14N2OS. The van der Waals surface area contributed by atoms with Gasteiger partial charge in [-0.05, 0) is 19.8 Å². The van der Waals surface area contributed by atoms with Crippen LogP contribution in [0.15, 0.2) is 17.6 Å². The van der Waals surface area contributed by atoms with Crippen molar-refractivity contribution in [2.24, 2.45) is 0 Å². The summed E-state index contributed by atoms with van der Waals surface area (Å²) in [6.07, 6.45) is 6.88. The molecule has 0 aliphatic carbocycles. The molecule has 0 spiro atoms. The number of hydrogen-bond donors (Lipinski definition) is 1. The Morgan fingerprint density at radius 1 is 1.69 bits per heavy atom. The number of H-pyrrole nitrogens is 1. The number of rotatable bonds is 3. The molecule has 1 aliphatic heterocycles. The van der Waals surface area contributed by atoms with Crippen molar-refractivity contribution in [2.45, 2.75) is 37.1 Å². The number of aromatic nitrogens is 2. The molecule has 0 bridgehead atoms. The molecule has 0 amide bonds. The maximum absolute atomic E-state index is 5.70. The number of ether oxygens (including phenoxy) is 1. The van der Waals surface area contributed by atoms with E-state index in [1.54, 1.807) is 18.0 Å². The first kappa shape index (κ1) is 9.09. The topological polar surface area (TPSA) is 37.9 Å². The molecule has 3 nitrogen and oxygen atoms in total. The van der Waals surface area contributed by atoms with Crippen LogP contribution in [0.4, 0.5) is 0 Å². The molecule has 4 heteroatoms. The number of imidazole rings is 1. The summed E-state index contributed by atoms with van der Waals surface area (Å²) in [5.41, 5.74) is 0. The first-order valence-corrected chi connectivity index (χ1v) is 5.61. The minimum Gasteiger partial charge on any atom is -0.374 e. The quantitative estimate of drug-likeness (QED) is 0.755. The summed E-state index contributed by atoms with van der Waals surface area (Å²) < 4.78 is 5.70. The first-order chi connectivity index (χ1) is 6.34. The van der Waals surface area contributed by atoms with Crippen molar-refractivity contribution in [3.05, 3.63) is 12.4 Å². The molecule has 1 aromatic heterocycles. The summed E-state index contributed by atoms with van der Waals surface area (Å²) in [5, 5.41) is 0.989. The van der Waals surface area contributed by atoms with Crippen molar-refractivity contribution in [2.75, 3.05) is 5.75 Å². The molecule has 2 unspecified atom stereocenters. The van der Waals surface area contributed by atoms with Crippen LogP contribution in [0.1, 0.15) is 19.8 Å². The van der Waals surface area contributed by atoms with Gasteiger partial charge in [-0.3, -0.25) is 0 Å². The summed E-state index contributed by atoms with van der Waals surface area (Å²) in [6.45, 7) is 2.14. The number of aromatic amines is 1. The number of nitrogens with zero attached hydrogens (tertiary/aromatic N) is 1. The Bertz CT molecular complexity index is 250. The third-order valence-corrected chi connectivity index (χ3v) is 3.23. The third kappa shape index (κ3) is 2.48. The Balaban J connectivity index is 1.74. The highest BCUT2D eigenvalue weighted by atomic mass is 32.2. The van der Waals surface area contributed by atoms with Gasteiger partial charge >= 0.3 is 0 Å². The van der Waals surface area contributed by atoms with Crippen LogP contribution in [0, 0.1) is 0 Å². The van der Waals surface area contributed by atoms with E-state index in [9.17, 15) is 0 Å². The standard InChI is InChI=1S/C9H14N2OS/c1-7-2-3-8(12-7)6-13-9-10-4-5-11-9/h4-5,7-8H,2-3,6H2,1H3,(H,10,11). The van der Waals surface area contributed by atoms with E-state index in [1.165, 1.54) is 12.8 Å². The lowest BCUT2D eigenvalue weighted by Crippen LogP contribution is -2.10. The van der Waals surface area contributed by atoms with Crippen molar-refractivity contribution in [3.8, 4) is 0 Å². The van der Waals surface area contributed by atoms with Gasteiger partial charge in [-0.2, -0.15) is 0 Å². The minimum absolute atomic E-state index is 0.421. The van der Waals surface area contributed by atoms with Gasteiger partial charge in [0.1, 0.15) is 0 Å². The van der Waals surface area contributed by atoms with E-state index in [2.05, 4.69) is 16.9 Å². The Morgan fingerprint density at radius 2 is 2.62 bits per heavy atom. The highest BCUT2D eigenvalue weighted by Crippen LogP contribution is 2.24. The van der Waals surface area contributed by atoms with Crippen LogP contribution in [-0.4, -0.2) is 27.9 Å². The maximum atomic E-state index is 5.70. The van der Waals surface area contributed by atoms with Crippen LogP contribution >= 0.6 is 11.8 Å². The van der Waals surface area contributed by atoms with Crippen molar-refractivity contribution in [1.82, 2.24) is 9.97 Å². The average Bonchev–Trinajstić information content (AvgIpc) is 2.71. The van der Waals surface area contributed by atoms with Gasteiger partial charge in [-0.15, -0.1) is 0 Å². The van der Waals surface area contributed by atoms with E-state index in [1.807, 2.05) is 6.20 Å². The van der Waals surface area contributed by atoms with Gasteiger partial charge in [-0.1, -0.05) is 11.8 Å². The fraction of sp³-hybridized carbons (Fsp3) is 0.667. The lowest BCUT2D eigenvalue weighted by Gasteiger charge is -2.08. The second kappa shape index (κ2) is 4.15. The number of nitrogens with one attached hydrogen (secondary N) is 1. The molecule has 0 saturated carbocycles. The van der Waals surface area contributed by atoms with Gasteiger partial charge < -0.3 is 9.72 Å². The second-order valence-corrected chi connectivity index (χ2v) is 4.36. The van der Waals surface area contributed by atoms with Gasteiger partial charge in [0.25, 0.3) is 0 Å². The fourth-order valence-electron chi connectivity index (χ4n) is 1.51. The highest BCUT2D eigenvalue weighted by molar-refractivity contribution is 7.99. The predicted molar refractivity (Wildman–Crippen MR) is 52.9 cm³/mol. The molecule has 0 radical (unpaired) electrons. The Hall–Kier alpha value is -0.480. The summed E-state index contributed by atoms with van der Waals surface area (Å²) in [6, 6.07) is 0. The molecule has 1 aromatic rings. The zero-order valence-corrected chi connectivity index (χ0v) is 8.51. The molecule has 2 rings (SSSR count). The monoisotopic (exact) mass is 198 g/mol. The summed E-state index contributed by atoms with van der Waals surface area (Å²) in [7, 11) is 0. The molecular weight excluding hydrogens is 184 g/mol. The van der Waals surface area contributed by atoms with Gasteiger partial charge in [0, 0.05) is 18.1 Å².